The van der Waals surface area contributed by atoms with Crippen molar-refractivity contribution in [2.45, 2.75) is 33.5 Å². The highest BCUT2D eigenvalue weighted by Crippen LogP contribution is 2.21. The van der Waals surface area contributed by atoms with Crippen LogP contribution in [0.5, 0.6) is 5.75 Å². The highest BCUT2D eigenvalue weighted by atomic mass is 127. The van der Waals surface area contributed by atoms with E-state index in [1.807, 2.05) is 32.0 Å². The van der Waals surface area contributed by atoms with E-state index in [0.29, 0.717) is 32.3 Å². The molecule has 29 heavy (non-hydrogen) atoms. The fraction of sp³-hybridized carbons (Fsp3) is 0.474. The van der Waals surface area contributed by atoms with E-state index in [2.05, 4.69) is 20.6 Å². The Labute approximate surface area is 186 Å². The van der Waals surface area contributed by atoms with Crippen molar-refractivity contribution in [1.29, 1.82) is 0 Å². The summed E-state index contributed by atoms with van der Waals surface area (Å²) in [5.41, 5.74) is 2.01. The minimum absolute atomic E-state index is 0. The average Bonchev–Trinajstić information content (AvgIpc) is 3.14. The minimum atomic E-state index is -2.63. The molecule has 0 atom stereocenters. The molecule has 0 bridgehead atoms. The number of nitrogens with zero attached hydrogens (tertiary/aromatic N) is 3. The molecule has 0 aliphatic heterocycles. The molecule has 1 aromatic heterocycles. The van der Waals surface area contributed by atoms with Crippen LogP contribution in [0.4, 0.5) is 8.78 Å². The van der Waals surface area contributed by atoms with Crippen molar-refractivity contribution < 1.29 is 18.3 Å². The van der Waals surface area contributed by atoms with Gasteiger partial charge in [0.1, 0.15) is 18.2 Å². The zero-order valence-electron chi connectivity index (χ0n) is 16.8. The molecule has 10 heteroatoms. The molecular weight excluding hydrogens is 495 g/mol. The molecule has 0 saturated heterocycles. The van der Waals surface area contributed by atoms with E-state index in [0.717, 1.165) is 21.4 Å². The number of methoxy groups -OCH3 is 1. The quantitative estimate of drug-likeness (QED) is 0.216. The summed E-state index contributed by atoms with van der Waals surface area (Å²) in [6.07, 6.45) is 2.60. The van der Waals surface area contributed by atoms with Gasteiger partial charge in [-0.3, -0.25) is 4.57 Å². The van der Waals surface area contributed by atoms with E-state index >= 15 is 0 Å². The second-order valence-electron chi connectivity index (χ2n) is 6.03. The van der Waals surface area contributed by atoms with Crippen LogP contribution < -0.4 is 15.4 Å². The highest BCUT2D eigenvalue weighted by molar-refractivity contribution is 14.0. The number of aromatic nitrogens is 2. The molecule has 162 valence electrons. The van der Waals surface area contributed by atoms with Crippen molar-refractivity contribution in [3.63, 3.8) is 0 Å². The number of ether oxygens (including phenoxy) is 2. The molecule has 1 heterocycles. The summed E-state index contributed by atoms with van der Waals surface area (Å²) in [6, 6.07) is 5.92. The second-order valence-corrected chi connectivity index (χ2v) is 6.03. The standard InChI is InChI=1S/C19H27F2N5O2.HI/c1-4-22-19(25-13-17-23-7-8-26(17)18(20)21)24-12-15-6-5-14(2)11-16(15)28-10-9-27-3;/h5-8,11,18H,4,9-10,12-13H2,1-3H3,(H2,22,24,25);1H. The van der Waals surface area contributed by atoms with Gasteiger partial charge in [0.15, 0.2) is 5.96 Å². The Hall–Kier alpha value is -1.95. The van der Waals surface area contributed by atoms with Crippen LogP contribution in [0, 0.1) is 6.92 Å². The SMILES string of the molecule is CCNC(=NCc1ccc(C)cc1OCCOC)NCc1nccn1C(F)F.I. The van der Waals surface area contributed by atoms with Gasteiger partial charge in [0.05, 0.1) is 19.7 Å². The third-order valence-electron chi connectivity index (χ3n) is 3.89. The lowest BCUT2D eigenvalue weighted by Crippen LogP contribution is -2.37. The number of halogens is 3. The summed E-state index contributed by atoms with van der Waals surface area (Å²) in [5.74, 6) is 1.50. The number of alkyl halides is 2. The normalized spacial score (nSPS) is 11.3. The molecular formula is C19H28F2IN5O2. The molecule has 0 fully saturated rings. The van der Waals surface area contributed by atoms with Crippen LogP contribution in [0.3, 0.4) is 0 Å². The van der Waals surface area contributed by atoms with Crippen LogP contribution in [-0.4, -0.2) is 42.4 Å². The Morgan fingerprint density at radius 2 is 2.07 bits per heavy atom. The number of imidazole rings is 1. The van der Waals surface area contributed by atoms with Crippen molar-refractivity contribution in [2.75, 3.05) is 26.9 Å². The Kier molecular flexibility index (Phi) is 11.5. The summed E-state index contributed by atoms with van der Waals surface area (Å²) in [7, 11) is 1.62. The summed E-state index contributed by atoms with van der Waals surface area (Å²) >= 11 is 0. The maximum absolute atomic E-state index is 12.9. The van der Waals surface area contributed by atoms with E-state index < -0.39 is 6.55 Å². The van der Waals surface area contributed by atoms with E-state index in [1.54, 1.807) is 7.11 Å². The van der Waals surface area contributed by atoms with Crippen LogP contribution in [0.1, 0.15) is 30.4 Å². The molecule has 0 amide bonds. The van der Waals surface area contributed by atoms with Gasteiger partial charge >= 0.3 is 6.55 Å². The molecule has 0 aliphatic carbocycles. The molecule has 7 nitrogen and oxygen atoms in total. The fourth-order valence-corrected chi connectivity index (χ4v) is 2.49. The highest BCUT2D eigenvalue weighted by Gasteiger charge is 2.11. The third kappa shape index (κ3) is 8.13. The largest absolute Gasteiger partial charge is 0.491 e. The molecule has 0 aliphatic rings. The second kappa shape index (κ2) is 13.3. The summed E-state index contributed by atoms with van der Waals surface area (Å²) < 4.78 is 37.5. The van der Waals surface area contributed by atoms with Crippen LogP contribution in [0.2, 0.25) is 0 Å². The Morgan fingerprint density at radius 1 is 1.28 bits per heavy atom. The van der Waals surface area contributed by atoms with Crippen molar-refractivity contribution in [1.82, 2.24) is 20.2 Å². The number of rotatable bonds is 10. The maximum atomic E-state index is 12.9. The number of aryl methyl sites for hydroxylation is 1. The zero-order valence-corrected chi connectivity index (χ0v) is 19.2. The van der Waals surface area contributed by atoms with Gasteiger partial charge in [-0.25, -0.2) is 9.98 Å². The van der Waals surface area contributed by atoms with E-state index in [4.69, 9.17) is 9.47 Å². The van der Waals surface area contributed by atoms with Gasteiger partial charge in [-0.15, -0.1) is 24.0 Å². The van der Waals surface area contributed by atoms with Crippen molar-refractivity contribution in [3.8, 4) is 5.75 Å². The number of hydrogen-bond donors (Lipinski definition) is 2. The van der Waals surface area contributed by atoms with Gasteiger partial charge in [0, 0.05) is 31.6 Å². The Balaban J connectivity index is 0.00000420. The molecule has 0 radical (unpaired) electrons. The molecule has 1 aromatic carbocycles. The topological polar surface area (TPSA) is 72.7 Å². The Bertz CT molecular complexity index is 771. The number of aliphatic imine (C=N–C) groups is 1. The van der Waals surface area contributed by atoms with Gasteiger partial charge in [-0.05, 0) is 25.5 Å². The first-order valence-electron chi connectivity index (χ1n) is 9.08. The molecule has 0 unspecified atom stereocenters. The van der Waals surface area contributed by atoms with Crippen LogP contribution in [0.25, 0.3) is 0 Å². The predicted molar refractivity (Wildman–Crippen MR) is 119 cm³/mol. The maximum Gasteiger partial charge on any atom is 0.319 e. The molecule has 2 aromatic rings. The third-order valence-corrected chi connectivity index (χ3v) is 3.89. The first kappa shape index (κ1) is 25.1. The number of hydrogen-bond acceptors (Lipinski definition) is 4. The minimum Gasteiger partial charge on any atom is -0.491 e. The smallest absolute Gasteiger partial charge is 0.319 e. The molecule has 2 N–H and O–H groups in total. The van der Waals surface area contributed by atoms with E-state index in [-0.39, 0.29) is 36.3 Å². The van der Waals surface area contributed by atoms with Gasteiger partial charge in [0.2, 0.25) is 0 Å². The number of guanidine groups is 1. The fourth-order valence-electron chi connectivity index (χ4n) is 2.49. The van der Waals surface area contributed by atoms with Gasteiger partial charge < -0.3 is 20.1 Å². The summed E-state index contributed by atoms with van der Waals surface area (Å²) in [6.45, 7) is 3.40. The number of benzene rings is 1. The summed E-state index contributed by atoms with van der Waals surface area (Å²) in [4.78, 5) is 8.49. The van der Waals surface area contributed by atoms with E-state index in [1.165, 1.54) is 12.4 Å². The number of nitrogens with one attached hydrogen (secondary N) is 2. The van der Waals surface area contributed by atoms with Crippen molar-refractivity contribution in [2.24, 2.45) is 4.99 Å². The monoisotopic (exact) mass is 523 g/mol. The predicted octanol–water partition coefficient (Wildman–Crippen LogP) is 3.49. The van der Waals surface area contributed by atoms with Crippen LogP contribution >= 0.6 is 24.0 Å². The first-order valence-corrected chi connectivity index (χ1v) is 9.08. The van der Waals surface area contributed by atoms with Gasteiger partial charge in [-0.2, -0.15) is 8.78 Å². The van der Waals surface area contributed by atoms with Gasteiger partial charge in [0.25, 0.3) is 0 Å². The van der Waals surface area contributed by atoms with Crippen molar-refractivity contribution in [3.05, 3.63) is 47.5 Å². The van der Waals surface area contributed by atoms with Crippen LogP contribution in [0.15, 0.2) is 35.6 Å². The van der Waals surface area contributed by atoms with Gasteiger partial charge in [-0.1, -0.05) is 12.1 Å². The lowest BCUT2D eigenvalue weighted by Gasteiger charge is -2.14. The summed E-state index contributed by atoms with van der Waals surface area (Å²) in [5, 5.41) is 6.13. The first-order chi connectivity index (χ1) is 13.5. The molecule has 2 rings (SSSR count). The van der Waals surface area contributed by atoms with Crippen LogP contribution in [-0.2, 0) is 17.8 Å². The Morgan fingerprint density at radius 3 is 2.76 bits per heavy atom. The van der Waals surface area contributed by atoms with Crippen molar-refractivity contribution >= 4 is 29.9 Å². The average molecular weight is 523 g/mol. The molecule has 0 saturated carbocycles. The van der Waals surface area contributed by atoms with E-state index in [9.17, 15) is 8.78 Å². The zero-order chi connectivity index (χ0) is 20.4. The molecule has 0 spiro atoms. The lowest BCUT2D eigenvalue weighted by molar-refractivity contribution is 0.0668. The lowest BCUT2D eigenvalue weighted by atomic mass is 10.1.